The molecule has 2 aromatic carbocycles. The summed E-state index contributed by atoms with van der Waals surface area (Å²) in [5, 5.41) is 3.57. The molecule has 0 aliphatic carbocycles. The normalized spacial score (nSPS) is 12.2. The Morgan fingerprint density at radius 3 is 2.45 bits per heavy atom. The highest BCUT2D eigenvalue weighted by atomic mass is 15.1. The first kappa shape index (κ1) is 14.6. The number of anilines is 1. The molecule has 1 N–H and O–H groups in total. The Morgan fingerprint density at radius 1 is 1.05 bits per heavy atom. The van der Waals surface area contributed by atoms with Gasteiger partial charge in [-0.2, -0.15) is 0 Å². The topological polar surface area (TPSA) is 15.3 Å². The smallest absolute Gasteiger partial charge is 0.0498 e. The molecule has 0 aliphatic heterocycles. The molecule has 0 saturated heterocycles. The molecule has 0 heterocycles. The van der Waals surface area contributed by atoms with Crippen molar-refractivity contribution in [3.05, 3.63) is 65.7 Å². The average Bonchev–Trinajstić information content (AvgIpc) is 2.47. The Labute approximate surface area is 122 Å². The van der Waals surface area contributed by atoms with Gasteiger partial charge in [0.05, 0.1) is 0 Å². The van der Waals surface area contributed by atoms with E-state index >= 15 is 0 Å². The van der Waals surface area contributed by atoms with Gasteiger partial charge in [-0.3, -0.25) is 0 Å². The predicted octanol–water partition coefficient (Wildman–Crippen LogP) is 3.78. The maximum Gasteiger partial charge on any atom is 0.0498 e. The molecule has 2 heteroatoms. The highest BCUT2D eigenvalue weighted by Crippen LogP contribution is 2.19. The molecule has 20 heavy (non-hydrogen) atoms. The molecule has 0 bridgehead atoms. The highest BCUT2D eigenvalue weighted by molar-refractivity contribution is 5.48. The lowest BCUT2D eigenvalue weighted by Crippen LogP contribution is -2.33. The van der Waals surface area contributed by atoms with E-state index in [2.05, 4.69) is 85.7 Å². The Bertz CT molecular complexity index is 522. The van der Waals surface area contributed by atoms with Crippen molar-refractivity contribution in [1.29, 1.82) is 0 Å². The van der Waals surface area contributed by atoms with Crippen LogP contribution in [0.3, 0.4) is 0 Å². The molecule has 0 radical (unpaired) electrons. The average molecular weight is 268 g/mol. The van der Waals surface area contributed by atoms with Gasteiger partial charge in [0.2, 0.25) is 0 Å². The first-order valence-electron chi connectivity index (χ1n) is 7.27. The molecule has 2 aromatic rings. The van der Waals surface area contributed by atoms with Crippen LogP contribution in [0.25, 0.3) is 0 Å². The predicted molar refractivity (Wildman–Crippen MR) is 87.3 cm³/mol. The third-order valence-corrected chi connectivity index (χ3v) is 3.55. The van der Waals surface area contributed by atoms with Gasteiger partial charge < -0.3 is 10.2 Å². The highest BCUT2D eigenvalue weighted by Gasteiger charge is 2.13. The van der Waals surface area contributed by atoms with E-state index in [0.717, 1.165) is 13.1 Å². The molecule has 0 aromatic heterocycles. The number of nitrogens with zero attached hydrogens (tertiary/aromatic N) is 1. The lowest BCUT2D eigenvalue weighted by Gasteiger charge is -2.27. The summed E-state index contributed by atoms with van der Waals surface area (Å²) in [5.41, 5.74) is 3.91. The summed E-state index contributed by atoms with van der Waals surface area (Å²) in [5.74, 6) is 0. The van der Waals surface area contributed by atoms with Crippen molar-refractivity contribution < 1.29 is 0 Å². The van der Waals surface area contributed by atoms with Crippen LogP contribution in [0.2, 0.25) is 0 Å². The van der Waals surface area contributed by atoms with Crippen LogP contribution < -0.4 is 10.2 Å². The summed E-state index contributed by atoms with van der Waals surface area (Å²) in [4.78, 5) is 2.31. The standard InChI is InChI=1S/C18H24N2/c1-4-19-18(16-10-6-5-7-11-16)14-20(3)17-12-8-9-15(2)13-17/h5-13,18-19H,4,14H2,1-3H3. The van der Waals surface area contributed by atoms with Gasteiger partial charge in [0.25, 0.3) is 0 Å². The molecular weight excluding hydrogens is 244 g/mol. The van der Waals surface area contributed by atoms with Crippen molar-refractivity contribution in [3.63, 3.8) is 0 Å². The van der Waals surface area contributed by atoms with Crippen LogP contribution in [0, 0.1) is 6.92 Å². The van der Waals surface area contributed by atoms with Gasteiger partial charge in [-0.25, -0.2) is 0 Å². The van der Waals surface area contributed by atoms with Gasteiger partial charge in [0.15, 0.2) is 0 Å². The number of rotatable bonds is 6. The van der Waals surface area contributed by atoms with E-state index in [1.54, 1.807) is 0 Å². The maximum absolute atomic E-state index is 3.57. The number of benzene rings is 2. The summed E-state index contributed by atoms with van der Waals surface area (Å²) in [6.07, 6.45) is 0. The van der Waals surface area contributed by atoms with Crippen LogP contribution in [-0.2, 0) is 0 Å². The monoisotopic (exact) mass is 268 g/mol. The van der Waals surface area contributed by atoms with Crippen LogP contribution in [0.5, 0.6) is 0 Å². The third kappa shape index (κ3) is 3.84. The number of aryl methyl sites for hydroxylation is 1. The summed E-state index contributed by atoms with van der Waals surface area (Å²) in [6, 6.07) is 19.7. The van der Waals surface area contributed by atoms with Crippen molar-refractivity contribution in [2.24, 2.45) is 0 Å². The minimum Gasteiger partial charge on any atom is -0.373 e. The second kappa shape index (κ2) is 7.11. The van der Waals surface area contributed by atoms with E-state index in [1.165, 1.54) is 16.8 Å². The molecule has 1 atom stereocenters. The minimum absolute atomic E-state index is 0.353. The van der Waals surface area contributed by atoms with Crippen LogP contribution in [0.1, 0.15) is 24.1 Å². The zero-order valence-electron chi connectivity index (χ0n) is 12.6. The van der Waals surface area contributed by atoms with Crippen molar-refractivity contribution in [2.75, 3.05) is 25.0 Å². The first-order chi connectivity index (χ1) is 9.70. The van der Waals surface area contributed by atoms with E-state index in [0.29, 0.717) is 6.04 Å². The van der Waals surface area contributed by atoms with Gasteiger partial charge in [-0.05, 0) is 36.7 Å². The van der Waals surface area contributed by atoms with Crippen molar-refractivity contribution in [1.82, 2.24) is 5.32 Å². The molecule has 0 aliphatic rings. The zero-order chi connectivity index (χ0) is 14.4. The van der Waals surface area contributed by atoms with Gasteiger partial charge in [-0.15, -0.1) is 0 Å². The fourth-order valence-electron chi connectivity index (χ4n) is 2.46. The minimum atomic E-state index is 0.353. The molecule has 0 amide bonds. The molecule has 1 unspecified atom stereocenters. The Kier molecular flexibility index (Phi) is 5.19. The first-order valence-corrected chi connectivity index (χ1v) is 7.27. The summed E-state index contributed by atoms with van der Waals surface area (Å²) < 4.78 is 0. The number of hydrogen-bond donors (Lipinski definition) is 1. The van der Waals surface area contributed by atoms with Gasteiger partial charge in [0, 0.05) is 25.3 Å². The lowest BCUT2D eigenvalue weighted by atomic mass is 10.1. The second-order valence-electron chi connectivity index (χ2n) is 5.24. The second-order valence-corrected chi connectivity index (χ2v) is 5.24. The van der Waals surface area contributed by atoms with E-state index < -0.39 is 0 Å². The Hall–Kier alpha value is -1.80. The molecule has 0 spiro atoms. The molecular formula is C18H24N2. The molecule has 0 fully saturated rings. The third-order valence-electron chi connectivity index (χ3n) is 3.55. The molecule has 2 nitrogen and oxygen atoms in total. The summed E-state index contributed by atoms with van der Waals surface area (Å²) >= 11 is 0. The fourth-order valence-corrected chi connectivity index (χ4v) is 2.46. The van der Waals surface area contributed by atoms with Crippen LogP contribution >= 0.6 is 0 Å². The Balaban J connectivity index is 2.12. The number of nitrogens with one attached hydrogen (secondary N) is 1. The zero-order valence-corrected chi connectivity index (χ0v) is 12.6. The summed E-state index contributed by atoms with van der Waals surface area (Å²) in [7, 11) is 2.15. The van der Waals surface area contributed by atoms with E-state index in [9.17, 15) is 0 Å². The van der Waals surface area contributed by atoms with Gasteiger partial charge in [0.1, 0.15) is 0 Å². The van der Waals surface area contributed by atoms with E-state index in [1.807, 2.05) is 0 Å². The number of hydrogen-bond acceptors (Lipinski definition) is 2. The molecule has 2 rings (SSSR count). The number of likely N-dealkylation sites (N-methyl/N-ethyl adjacent to an activating group) is 2. The maximum atomic E-state index is 3.57. The van der Waals surface area contributed by atoms with Gasteiger partial charge >= 0.3 is 0 Å². The SMILES string of the molecule is CCNC(CN(C)c1cccc(C)c1)c1ccccc1. The van der Waals surface area contributed by atoms with E-state index in [4.69, 9.17) is 0 Å². The molecule has 106 valence electrons. The van der Waals surface area contributed by atoms with Crippen molar-refractivity contribution in [3.8, 4) is 0 Å². The largest absolute Gasteiger partial charge is 0.373 e. The lowest BCUT2D eigenvalue weighted by molar-refractivity contribution is 0.550. The van der Waals surface area contributed by atoms with Crippen LogP contribution in [-0.4, -0.2) is 20.1 Å². The quantitative estimate of drug-likeness (QED) is 0.857. The van der Waals surface area contributed by atoms with Gasteiger partial charge in [-0.1, -0.05) is 49.4 Å². The molecule has 0 saturated carbocycles. The summed E-state index contributed by atoms with van der Waals surface area (Å²) in [6.45, 7) is 6.22. The van der Waals surface area contributed by atoms with Crippen LogP contribution in [0.4, 0.5) is 5.69 Å². The van der Waals surface area contributed by atoms with Crippen molar-refractivity contribution in [2.45, 2.75) is 19.9 Å². The van der Waals surface area contributed by atoms with Crippen LogP contribution in [0.15, 0.2) is 54.6 Å². The Morgan fingerprint density at radius 2 is 1.80 bits per heavy atom. The fraction of sp³-hybridized carbons (Fsp3) is 0.333. The van der Waals surface area contributed by atoms with E-state index in [-0.39, 0.29) is 0 Å². The van der Waals surface area contributed by atoms with Crippen molar-refractivity contribution >= 4 is 5.69 Å².